The van der Waals surface area contributed by atoms with Gasteiger partial charge in [0, 0.05) is 21.0 Å². The predicted molar refractivity (Wildman–Crippen MR) is 137 cm³/mol. The molecule has 1 amide bonds. The standard InChI is InChI=1S/C22H15Br2N3O2S2/c1-29-19-9-8-12(10-17(19)24)18-11-31-22(25-18)27-21(30)26-20(28)15-6-2-5-14-13(15)4-3-7-16(14)23/h2-11H,1H3,(H2,25,26,27,28,30). The van der Waals surface area contributed by atoms with Gasteiger partial charge in [-0.15, -0.1) is 11.3 Å². The smallest absolute Gasteiger partial charge is 0.258 e. The molecule has 2 N–H and O–H groups in total. The number of rotatable bonds is 4. The number of benzene rings is 3. The van der Waals surface area contributed by atoms with E-state index in [1.54, 1.807) is 13.2 Å². The Morgan fingerprint density at radius 2 is 1.84 bits per heavy atom. The molecule has 0 aliphatic heterocycles. The Kier molecular flexibility index (Phi) is 6.66. The molecule has 4 rings (SSSR count). The molecule has 0 fully saturated rings. The highest BCUT2D eigenvalue weighted by atomic mass is 79.9. The molecule has 0 bridgehead atoms. The lowest BCUT2D eigenvalue weighted by Gasteiger charge is -2.10. The van der Waals surface area contributed by atoms with Crippen LogP contribution in [0, 0.1) is 0 Å². The van der Waals surface area contributed by atoms with Crippen LogP contribution in [0.15, 0.2) is 68.9 Å². The number of hydrogen-bond donors (Lipinski definition) is 2. The molecular formula is C22H15Br2N3O2S2. The molecular weight excluding hydrogens is 562 g/mol. The summed E-state index contributed by atoms with van der Waals surface area (Å²) in [6, 6.07) is 17.1. The topological polar surface area (TPSA) is 63.2 Å². The van der Waals surface area contributed by atoms with Gasteiger partial charge in [-0.1, -0.05) is 40.2 Å². The summed E-state index contributed by atoms with van der Waals surface area (Å²) >= 11 is 13.7. The molecule has 0 unspecified atom stereocenters. The molecule has 0 radical (unpaired) electrons. The normalized spacial score (nSPS) is 10.7. The third-order valence-corrected chi connectivity index (χ3v) is 6.79. The molecule has 31 heavy (non-hydrogen) atoms. The highest BCUT2D eigenvalue weighted by Gasteiger charge is 2.14. The second kappa shape index (κ2) is 9.44. The van der Waals surface area contributed by atoms with Crippen LogP contribution in [0.25, 0.3) is 22.0 Å². The first kappa shape index (κ1) is 21.9. The maximum atomic E-state index is 12.8. The maximum Gasteiger partial charge on any atom is 0.258 e. The molecule has 4 aromatic rings. The zero-order valence-electron chi connectivity index (χ0n) is 16.1. The highest BCUT2D eigenvalue weighted by molar-refractivity contribution is 9.11. The van der Waals surface area contributed by atoms with Crippen molar-refractivity contribution in [2.24, 2.45) is 0 Å². The van der Waals surface area contributed by atoms with Gasteiger partial charge in [-0.3, -0.25) is 10.1 Å². The van der Waals surface area contributed by atoms with Crippen molar-refractivity contribution < 1.29 is 9.53 Å². The fraction of sp³-hybridized carbons (Fsp3) is 0.0455. The summed E-state index contributed by atoms with van der Waals surface area (Å²) in [6.07, 6.45) is 0. The Hall–Kier alpha value is -2.33. The quantitative estimate of drug-likeness (QED) is 0.267. The Bertz CT molecular complexity index is 1310. The molecule has 5 nitrogen and oxygen atoms in total. The maximum absolute atomic E-state index is 12.8. The van der Waals surface area contributed by atoms with E-state index in [0.29, 0.717) is 10.7 Å². The third-order valence-electron chi connectivity index (χ3n) is 4.51. The van der Waals surface area contributed by atoms with Crippen LogP contribution in [-0.2, 0) is 0 Å². The largest absolute Gasteiger partial charge is 0.496 e. The van der Waals surface area contributed by atoms with E-state index in [4.69, 9.17) is 17.0 Å². The van der Waals surface area contributed by atoms with Gasteiger partial charge in [-0.05, 0) is 69.3 Å². The minimum Gasteiger partial charge on any atom is -0.496 e. The molecule has 156 valence electrons. The lowest BCUT2D eigenvalue weighted by molar-refractivity contribution is 0.0979. The fourth-order valence-electron chi connectivity index (χ4n) is 3.06. The number of fused-ring (bicyclic) bond motifs is 1. The lowest BCUT2D eigenvalue weighted by Crippen LogP contribution is -2.34. The lowest BCUT2D eigenvalue weighted by atomic mass is 10.0. The van der Waals surface area contributed by atoms with Gasteiger partial charge in [0.25, 0.3) is 5.91 Å². The van der Waals surface area contributed by atoms with Gasteiger partial charge in [-0.2, -0.15) is 0 Å². The van der Waals surface area contributed by atoms with Crippen LogP contribution in [0.2, 0.25) is 0 Å². The minimum atomic E-state index is -0.280. The van der Waals surface area contributed by atoms with Crippen LogP contribution >= 0.6 is 55.4 Å². The van der Waals surface area contributed by atoms with Crippen molar-refractivity contribution in [2.45, 2.75) is 0 Å². The number of halogens is 2. The van der Waals surface area contributed by atoms with E-state index in [-0.39, 0.29) is 11.0 Å². The zero-order valence-corrected chi connectivity index (χ0v) is 20.9. The Morgan fingerprint density at radius 3 is 2.61 bits per heavy atom. The van der Waals surface area contributed by atoms with E-state index in [9.17, 15) is 4.79 Å². The minimum absolute atomic E-state index is 0.189. The van der Waals surface area contributed by atoms with E-state index >= 15 is 0 Å². The Morgan fingerprint density at radius 1 is 1.06 bits per heavy atom. The first-order valence-electron chi connectivity index (χ1n) is 9.05. The van der Waals surface area contributed by atoms with E-state index < -0.39 is 0 Å². The fourth-order valence-corrected chi connectivity index (χ4v) is 5.07. The van der Waals surface area contributed by atoms with Crippen molar-refractivity contribution in [3.8, 4) is 17.0 Å². The van der Waals surface area contributed by atoms with Crippen molar-refractivity contribution in [3.05, 3.63) is 74.5 Å². The summed E-state index contributed by atoms with van der Waals surface area (Å²) in [7, 11) is 1.62. The summed E-state index contributed by atoms with van der Waals surface area (Å²) in [5, 5.41) is 10.2. The third kappa shape index (κ3) is 4.79. The number of ether oxygens (including phenoxy) is 1. The summed E-state index contributed by atoms with van der Waals surface area (Å²) < 4.78 is 7.04. The van der Waals surface area contributed by atoms with Crippen molar-refractivity contribution in [3.63, 3.8) is 0 Å². The summed E-state index contributed by atoms with van der Waals surface area (Å²) in [6.45, 7) is 0. The summed E-state index contributed by atoms with van der Waals surface area (Å²) in [5.74, 6) is 0.471. The van der Waals surface area contributed by atoms with Gasteiger partial charge >= 0.3 is 0 Å². The number of aromatic nitrogens is 1. The number of amides is 1. The number of thiocarbonyl (C=S) groups is 1. The average molecular weight is 577 g/mol. The molecule has 0 atom stereocenters. The van der Waals surface area contributed by atoms with Crippen molar-refractivity contribution >= 4 is 82.3 Å². The number of carbonyl (C=O) groups excluding carboxylic acids is 1. The SMILES string of the molecule is COc1ccc(-c2csc(NC(=S)NC(=O)c3cccc4c(Br)cccc34)n2)cc1Br. The van der Waals surface area contributed by atoms with Gasteiger partial charge in [-0.25, -0.2) is 4.98 Å². The molecule has 3 aromatic carbocycles. The number of thiazole rings is 1. The van der Waals surface area contributed by atoms with E-state index in [1.165, 1.54) is 11.3 Å². The number of nitrogens with one attached hydrogen (secondary N) is 2. The first-order chi connectivity index (χ1) is 15.0. The Labute approximate surface area is 205 Å². The van der Waals surface area contributed by atoms with Crippen LogP contribution in [0.3, 0.4) is 0 Å². The average Bonchev–Trinajstić information content (AvgIpc) is 3.22. The monoisotopic (exact) mass is 575 g/mol. The van der Waals surface area contributed by atoms with Crippen molar-refractivity contribution in [2.75, 3.05) is 12.4 Å². The predicted octanol–water partition coefficient (Wildman–Crippen LogP) is 6.62. The Balaban J connectivity index is 1.47. The molecule has 0 aliphatic carbocycles. The van der Waals surface area contributed by atoms with Crippen LogP contribution in [0.1, 0.15) is 10.4 Å². The summed E-state index contributed by atoms with van der Waals surface area (Å²) in [5.41, 5.74) is 2.28. The number of carbonyl (C=O) groups is 1. The molecule has 0 saturated carbocycles. The van der Waals surface area contributed by atoms with Gasteiger partial charge in [0.1, 0.15) is 5.75 Å². The number of anilines is 1. The zero-order chi connectivity index (χ0) is 22.0. The molecule has 0 saturated heterocycles. The number of methoxy groups -OCH3 is 1. The molecule has 9 heteroatoms. The van der Waals surface area contributed by atoms with Gasteiger partial charge in [0.05, 0.1) is 17.3 Å². The van der Waals surface area contributed by atoms with Crippen LogP contribution in [0.5, 0.6) is 5.75 Å². The van der Waals surface area contributed by atoms with Crippen LogP contribution in [-0.4, -0.2) is 23.1 Å². The van der Waals surface area contributed by atoms with Gasteiger partial charge in [0.15, 0.2) is 10.2 Å². The van der Waals surface area contributed by atoms with E-state index in [1.807, 2.05) is 53.9 Å². The second-order valence-electron chi connectivity index (χ2n) is 6.44. The van der Waals surface area contributed by atoms with E-state index in [2.05, 4.69) is 47.5 Å². The first-order valence-corrected chi connectivity index (χ1v) is 11.9. The molecule has 0 aliphatic rings. The van der Waals surface area contributed by atoms with Crippen molar-refractivity contribution in [1.82, 2.24) is 10.3 Å². The molecule has 1 aromatic heterocycles. The number of hydrogen-bond acceptors (Lipinski definition) is 5. The second-order valence-corrected chi connectivity index (χ2v) is 9.41. The molecule has 0 spiro atoms. The summed E-state index contributed by atoms with van der Waals surface area (Å²) in [4.78, 5) is 17.4. The van der Waals surface area contributed by atoms with Crippen LogP contribution < -0.4 is 15.4 Å². The van der Waals surface area contributed by atoms with Crippen molar-refractivity contribution in [1.29, 1.82) is 0 Å². The molecule has 1 heterocycles. The van der Waals surface area contributed by atoms with E-state index in [0.717, 1.165) is 36.7 Å². The van der Waals surface area contributed by atoms with Gasteiger partial charge in [0.2, 0.25) is 0 Å². The van der Waals surface area contributed by atoms with Gasteiger partial charge < -0.3 is 10.1 Å². The van der Waals surface area contributed by atoms with Crippen LogP contribution in [0.4, 0.5) is 5.13 Å². The number of nitrogens with zero attached hydrogens (tertiary/aromatic N) is 1. The highest BCUT2D eigenvalue weighted by Crippen LogP contribution is 2.32.